The Balaban J connectivity index is 1.36. The van der Waals surface area contributed by atoms with Crippen LogP contribution in [0.15, 0.2) is 73.1 Å². The third-order valence-corrected chi connectivity index (χ3v) is 5.07. The van der Waals surface area contributed by atoms with E-state index in [0.29, 0.717) is 5.56 Å². The van der Waals surface area contributed by atoms with Gasteiger partial charge in [-0.25, -0.2) is 0 Å². The van der Waals surface area contributed by atoms with Crippen LogP contribution in [0.1, 0.15) is 27.0 Å². The number of benzene rings is 2. The predicted molar refractivity (Wildman–Crippen MR) is 114 cm³/mol. The molecule has 0 unspecified atom stereocenters. The molecule has 1 aliphatic rings. The van der Waals surface area contributed by atoms with Crippen LogP contribution in [0, 0.1) is 0 Å². The molecule has 1 amide bonds. The van der Waals surface area contributed by atoms with Crippen LogP contribution in [0.25, 0.3) is 0 Å². The lowest BCUT2D eigenvalue weighted by atomic mass is 10.1. The van der Waals surface area contributed by atoms with Crippen LogP contribution in [0.5, 0.6) is 0 Å². The number of hydrogen-bond acceptors (Lipinski definition) is 4. The summed E-state index contributed by atoms with van der Waals surface area (Å²) in [6.45, 7) is 4.26. The van der Waals surface area contributed by atoms with Crippen LogP contribution < -0.4 is 5.32 Å². The highest BCUT2D eigenvalue weighted by Gasteiger charge is 2.12. The Bertz CT molecular complexity index is 936. The predicted octanol–water partition coefficient (Wildman–Crippen LogP) is 3.76. The average molecular weight is 387 g/mol. The van der Waals surface area contributed by atoms with Crippen LogP contribution in [-0.2, 0) is 17.7 Å². The van der Waals surface area contributed by atoms with E-state index in [1.807, 2.05) is 54.6 Å². The molecule has 1 aromatic heterocycles. The van der Waals surface area contributed by atoms with Gasteiger partial charge in [0.2, 0.25) is 0 Å². The monoisotopic (exact) mass is 387 g/mol. The molecule has 4 rings (SSSR count). The number of rotatable bonds is 6. The zero-order valence-corrected chi connectivity index (χ0v) is 16.4. The molecule has 0 radical (unpaired) electrons. The van der Waals surface area contributed by atoms with Crippen LogP contribution in [0.4, 0.5) is 5.69 Å². The van der Waals surface area contributed by atoms with Crippen molar-refractivity contribution in [2.24, 2.45) is 0 Å². The highest BCUT2D eigenvalue weighted by atomic mass is 16.5. The average Bonchev–Trinajstić information content (AvgIpc) is 2.77. The van der Waals surface area contributed by atoms with Crippen molar-refractivity contribution in [3.8, 4) is 0 Å². The molecule has 5 nitrogen and oxygen atoms in total. The summed E-state index contributed by atoms with van der Waals surface area (Å²) in [5, 5.41) is 3.00. The van der Waals surface area contributed by atoms with Crippen LogP contribution in [-0.4, -0.2) is 42.1 Å². The quantitative estimate of drug-likeness (QED) is 0.700. The lowest BCUT2D eigenvalue weighted by molar-refractivity contribution is 0.0342. The third-order valence-electron chi connectivity index (χ3n) is 5.07. The number of nitrogens with one attached hydrogen (secondary N) is 1. The smallest absolute Gasteiger partial charge is 0.255 e. The first-order valence-electron chi connectivity index (χ1n) is 9.94. The number of nitrogens with zero attached hydrogens (tertiary/aromatic N) is 2. The van der Waals surface area contributed by atoms with Gasteiger partial charge in [-0.15, -0.1) is 0 Å². The second kappa shape index (κ2) is 9.45. The molecule has 2 heterocycles. The molecule has 1 saturated heterocycles. The molecule has 2 aromatic carbocycles. The maximum atomic E-state index is 12.7. The van der Waals surface area contributed by atoms with Crippen molar-refractivity contribution in [3.63, 3.8) is 0 Å². The van der Waals surface area contributed by atoms with Gasteiger partial charge in [-0.1, -0.05) is 24.3 Å². The largest absolute Gasteiger partial charge is 0.379 e. The summed E-state index contributed by atoms with van der Waals surface area (Å²) in [6, 6.07) is 19.9. The van der Waals surface area contributed by atoms with Crippen LogP contribution in [0.2, 0.25) is 0 Å². The Kier molecular flexibility index (Phi) is 6.29. The molecular formula is C24H25N3O2. The molecule has 0 saturated carbocycles. The van der Waals surface area contributed by atoms with E-state index in [-0.39, 0.29) is 5.91 Å². The summed E-state index contributed by atoms with van der Waals surface area (Å²) in [5.74, 6) is -0.0873. The molecule has 5 heteroatoms. The Morgan fingerprint density at radius 2 is 1.66 bits per heavy atom. The molecule has 148 valence electrons. The number of ether oxygens (including phenoxy) is 1. The van der Waals surface area contributed by atoms with E-state index >= 15 is 0 Å². The number of anilines is 1. The Morgan fingerprint density at radius 1 is 0.931 bits per heavy atom. The van der Waals surface area contributed by atoms with Gasteiger partial charge in [0.1, 0.15) is 0 Å². The fraction of sp³-hybridized carbons (Fsp3) is 0.250. The summed E-state index contributed by atoms with van der Waals surface area (Å²) >= 11 is 0. The van der Waals surface area contributed by atoms with E-state index in [1.54, 1.807) is 12.4 Å². The minimum Gasteiger partial charge on any atom is -0.379 e. The van der Waals surface area contributed by atoms with Gasteiger partial charge in [-0.3, -0.25) is 14.7 Å². The van der Waals surface area contributed by atoms with E-state index in [0.717, 1.165) is 50.5 Å². The molecule has 1 aliphatic heterocycles. The van der Waals surface area contributed by atoms with Crippen molar-refractivity contribution >= 4 is 11.6 Å². The first kappa shape index (κ1) is 19.3. The molecule has 0 bridgehead atoms. The Labute approximate surface area is 171 Å². The second-order valence-corrected chi connectivity index (χ2v) is 7.27. The number of carbonyl (C=O) groups excluding carboxylic acids is 1. The lowest BCUT2D eigenvalue weighted by Gasteiger charge is -2.26. The summed E-state index contributed by atoms with van der Waals surface area (Å²) in [4.78, 5) is 19.1. The third kappa shape index (κ3) is 5.50. The van der Waals surface area contributed by atoms with Crippen LogP contribution in [0.3, 0.4) is 0 Å². The van der Waals surface area contributed by atoms with E-state index in [1.165, 1.54) is 11.1 Å². The maximum absolute atomic E-state index is 12.7. The summed E-state index contributed by atoms with van der Waals surface area (Å²) < 4.78 is 5.40. The standard InChI is InChI=1S/C24H25N3O2/c28-24(22-3-1-2-21(17-22)18-27-12-14-29-15-13-27)26-23-6-4-19(5-7-23)16-20-8-10-25-11-9-20/h1-11,17H,12-16,18H2,(H,26,28). The minimum atomic E-state index is -0.0873. The maximum Gasteiger partial charge on any atom is 0.255 e. The van der Waals surface area contributed by atoms with Crippen molar-refractivity contribution in [1.82, 2.24) is 9.88 Å². The van der Waals surface area contributed by atoms with E-state index in [4.69, 9.17) is 4.74 Å². The topological polar surface area (TPSA) is 54.5 Å². The van der Waals surface area contributed by atoms with Gasteiger partial charge in [0, 0.05) is 43.3 Å². The van der Waals surface area contributed by atoms with E-state index in [9.17, 15) is 4.79 Å². The molecular weight excluding hydrogens is 362 g/mol. The first-order valence-corrected chi connectivity index (χ1v) is 9.94. The Hall–Kier alpha value is -3.02. The van der Waals surface area contributed by atoms with Gasteiger partial charge in [0.05, 0.1) is 13.2 Å². The van der Waals surface area contributed by atoms with Gasteiger partial charge in [-0.05, 0) is 59.5 Å². The van der Waals surface area contributed by atoms with Crippen molar-refractivity contribution in [3.05, 3.63) is 95.3 Å². The van der Waals surface area contributed by atoms with Gasteiger partial charge in [-0.2, -0.15) is 0 Å². The number of hydrogen-bond donors (Lipinski definition) is 1. The number of pyridine rings is 1. The van der Waals surface area contributed by atoms with Crippen molar-refractivity contribution in [2.75, 3.05) is 31.6 Å². The molecule has 1 fully saturated rings. The number of morpholine rings is 1. The summed E-state index contributed by atoms with van der Waals surface area (Å²) in [5.41, 5.74) is 5.03. The van der Waals surface area contributed by atoms with Gasteiger partial charge >= 0.3 is 0 Å². The van der Waals surface area contributed by atoms with Crippen molar-refractivity contribution < 1.29 is 9.53 Å². The molecule has 1 N–H and O–H groups in total. The summed E-state index contributed by atoms with van der Waals surface area (Å²) in [6.07, 6.45) is 4.45. The SMILES string of the molecule is O=C(Nc1ccc(Cc2ccncc2)cc1)c1cccc(CN2CCOCC2)c1. The summed E-state index contributed by atoms with van der Waals surface area (Å²) in [7, 11) is 0. The number of aromatic nitrogens is 1. The number of carbonyl (C=O) groups is 1. The van der Waals surface area contributed by atoms with Gasteiger partial charge in [0.15, 0.2) is 0 Å². The van der Waals surface area contributed by atoms with E-state index < -0.39 is 0 Å². The van der Waals surface area contributed by atoms with E-state index in [2.05, 4.69) is 21.3 Å². The second-order valence-electron chi connectivity index (χ2n) is 7.27. The van der Waals surface area contributed by atoms with Crippen LogP contribution >= 0.6 is 0 Å². The molecule has 0 atom stereocenters. The zero-order valence-electron chi connectivity index (χ0n) is 16.4. The highest BCUT2D eigenvalue weighted by molar-refractivity contribution is 6.04. The molecule has 0 aliphatic carbocycles. The molecule has 29 heavy (non-hydrogen) atoms. The van der Waals surface area contributed by atoms with Gasteiger partial charge in [0.25, 0.3) is 5.91 Å². The number of amides is 1. The zero-order chi connectivity index (χ0) is 19.9. The normalized spacial score (nSPS) is 14.5. The minimum absolute atomic E-state index is 0.0873. The highest BCUT2D eigenvalue weighted by Crippen LogP contribution is 2.16. The Morgan fingerprint density at radius 3 is 2.41 bits per heavy atom. The van der Waals surface area contributed by atoms with Crippen molar-refractivity contribution in [2.45, 2.75) is 13.0 Å². The fourth-order valence-corrected chi connectivity index (χ4v) is 3.47. The molecule has 0 spiro atoms. The fourth-order valence-electron chi connectivity index (χ4n) is 3.47. The molecule has 3 aromatic rings. The van der Waals surface area contributed by atoms with Gasteiger partial charge < -0.3 is 10.1 Å². The first-order chi connectivity index (χ1) is 14.3. The van der Waals surface area contributed by atoms with Crippen molar-refractivity contribution in [1.29, 1.82) is 0 Å². The lowest BCUT2D eigenvalue weighted by Crippen LogP contribution is -2.35.